The van der Waals surface area contributed by atoms with Crippen LogP contribution >= 0.6 is 0 Å². The molecule has 1 rings (SSSR count). The molecule has 13 heavy (non-hydrogen) atoms. The van der Waals surface area contributed by atoms with Gasteiger partial charge in [0.1, 0.15) is 6.29 Å². The molecule has 0 atom stereocenters. The molecule has 0 aliphatic rings. The molecular formula is C9H12N2O2. The Labute approximate surface area is 77.0 Å². The molecule has 4 nitrogen and oxygen atoms in total. The van der Waals surface area contributed by atoms with Crippen molar-refractivity contribution >= 4 is 6.29 Å². The Bertz CT molecular complexity index is 269. The van der Waals surface area contributed by atoms with Gasteiger partial charge >= 0.3 is 6.01 Å². The quantitative estimate of drug-likeness (QED) is 0.649. The monoisotopic (exact) mass is 180 g/mol. The number of carbonyl (C=O) groups is 1. The Kier molecular flexibility index (Phi) is 3.37. The van der Waals surface area contributed by atoms with Crippen molar-refractivity contribution < 1.29 is 9.53 Å². The Morgan fingerprint density at radius 3 is 2.54 bits per heavy atom. The van der Waals surface area contributed by atoms with Crippen molar-refractivity contribution in [3.8, 4) is 6.01 Å². The van der Waals surface area contributed by atoms with Crippen LogP contribution in [0.1, 0.15) is 19.4 Å². The Morgan fingerprint density at radius 1 is 1.46 bits per heavy atom. The molecule has 0 fully saturated rings. The van der Waals surface area contributed by atoms with Gasteiger partial charge in [-0.15, -0.1) is 0 Å². The van der Waals surface area contributed by atoms with Gasteiger partial charge in [-0.1, -0.05) is 0 Å². The van der Waals surface area contributed by atoms with Crippen molar-refractivity contribution in [3.05, 3.63) is 18.0 Å². The molecule has 0 N–H and O–H groups in total. The zero-order valence-electron chi connectivity index (χ0n) is 7.73. The molecule has 0 saturated carbocycles. The van der Waals surface area contributed by atoms with Crippen LogP contribution in [0.4, 0.5) is 0 Å². The van der Waals surface area contributed by atoms with Crippen LogP contribution in [0.5, 0.6) is 6.01 Å². The van der Waals surface area contributed by atoms with E-state index in [2.05, 4.69) is 9.97 Å². The van der Waals surface area contributed by atoms with E-state index in [0.717, 1.165) is 11.8 Å². The summed E-state index contributed by atoms with van der Waals surface area (Å²) in [7, 11) is 0. The van der Waals surface area contributed by atoms with Crippen LogP contribution in [0, 0.1) is 0 Å². The maximum absolute atomic E-state index is 10.2. The molecule has 0 saturated heterocycles. The molecule has 0 aliphatic heterocycles. The predicted molar refractivity (Wildman–Crippen MR) is 47.6 cm³/mol. The van der Waals surface area contributed by atoms with Crippen molar-refractivity contribution in [2.24, 2.45) is 0 Å². The van der Waals surface area contributed by atoms with Gasteiger partial charge in [0.05, 0.1) is 6.10 Å². The number of hydrogen-bond donors (Lipinski definition) is 0. The van der Waals surface area contributed by atoms with E-state index in [4.69, 9.17) is 4.74 Å². The van der Waals surface area contributed by atoms with Crippen molar-refractivity contribution in [3.63, 3.8) is 0 Å². The number of ether oxygens (including phenoxy) is 1. The van der Waals surface area contributed by atoms with Crippen molar-refractivity contribution in [1.82, 2.24) is 9.97 Å². The van der Waals surface area contributed by atoms with Crippen molar-refractivity contribution in [2.45, 2.75) is 26.4 Å². The molecule has 0 bridgehead atoms. The lowest BCUT2D eigenvalue weighted by molar-refractivity contribution is -0.107. The standard InChI is InChI=1S/C9H12N2O2/c1-7(2)13-9-10-5-8(3-4-12)6-11-9/h4-7H,3H2,1-2H3. The molecule has 0 spiro atoms. The van der Waals surface area contributed by atoms with Gasteiger partial charge in [0.25, 0.3) is 0 Å². The highest BCUT2D eigenvalue weighted by Gasteiger charge is 2.00. The summed E-state index contributed by atoms with van der Waals surface area (Å²) in [5, 5.41) is 0. The van der Waals surface area contributed by atoms with E-state index in [1.54, 1.807) is 12.4 Å². The van der Waals surface area contributed by atoms with E-state index in [1.165, 1.54) is 0 Å². The second-order valence-electron chi connectivity index (χ2n) is 2.91. The second kappa shape index (κ2) is 4.54. The molecule has 70 valence electrons. The molecule has 0 amide bonds. The average molecular weight is 180 g/mol. The van der Waals surface area contributed by atoms with Gasteiger partial charge in [-0.2, -0.15) is 0 Å². The zero-order valence-corrected chi connectivity index (χ0v) is 7.73. The highest BCUT2D eigenvalue weighted by molar-refractivity contribution is 5.54. The first-order chi connectivity index (χ1) is 6.22. The number of hydrogen-bond acceptors (Lipinski definition) is 4. The highest BCUT2D eigenvalue weighted by Crippen LogP contribution is 2.04. The summed E-state index contributed by atoms with van der Waals surface area (Å²) < 4.78 is 5.24. The van der Waals surface area contributed by atoms with E-state index in [9.17, 15) is 4.79 Å². The smallest absolute Gasteiger partial charge is 0.316 e. The minimum absolute atomic E-state index is 0.0666. The Morgan fingerprint density at radius 2 is 2.08 bits per heavy atom. The second-order valence-corrected chi connectivity index (χ2v) is 2.91. The van der Waals surface area contributed by atoms with E-state index in [-0.39, 0.29) is 6.10 Å². The normalized spacial score (nSPS) is 10.1. The van der Waals surface area contributed by atoms with Crippen LogP contribution in [0.25, 0.3) is 0 Å². The van der Waals surface area contributed by atoms with Crippen LogP contribution in [0.15, 0.2) is 12.4 Å². The molecule has 0 unspecified atom stereocenters. The minimum atomic E-state index is 0.0666. The molecule has 0 radical (unpaired) electrons. The topological polar surface area (TPSA) is 52.1 Å². The summed E-state index contributed by atoms with van der Waals surface area (Å²) in [6.07, 6.45) is 4.43. The van der Waals surface area contributed by atoms with E-state index < -0.39 is 0 Å². The maximum Gasteiger partial charge on any atom is 0.316 e. The minimum Gasteiger partial charge on any atom is -0.461 e. The lowest BCUT2D eigenvalue weighted by Crippen LogP contribution is -2.08. The molecule has 0 aliphatic carbocycles. The third-order valence-electron chi connectivity index (χ3n) is 1.34. The Hall–Kier alpha value is -1.45. The van der Waals surface area contributed by atoms with Crippen molar-refractivity contribution in [2.75, 3.05) is 0 Å². The fourth-order valence-electron chi connectivity index (χ4n) is 0.816. The van der Waals surface area contributed by atoms with Gasteiger partial charge in [-0.05, 0) is 19.4 Å². The van der Waals surface area contributed by atoms with Gasteiger partial charge in [-0.3, -0.25) is 0 Å². The van der Waals surface area contributed by atoms with Gasteiger partial charge in [0.15, 0.2) is 0 Å². The van der Waals surface area contributed by atoms with E-state index >= 15 is 0 Å². The summed E-state index contributed by atoms with van der Waals surface area (Å²) in [5.41, 5.74) is 0.797. The Balaban J connectivity index is 2.63. The first kappa shape index (κ1) is 9.64. The number of carbonyl (C=O) groups excluding carboxylic acids is 1. The van der Waals surface area contributed by atoms with Gasteiger partial charge in [-0.25, -0.2) is 9.97 Å². The van der Waals surface area contributed by atoms with Gasteiger partial charge in [0.2, 0.25) is 0 Å². The summed E-state index contributed by atoms with van der Waals surface area (Å²) in [6, 6.07) is 0.352. The van der Waals surface area contributed by atoms with Crippen LogP contribution in [-0.2, 0) is 11.2 Å². The number of aromatic nitrogens is 2. The molecule has 1 aromatic rings. The summed E-state index contributed by atoms with van der Waals surface area (Å²) >= 11 is 0. The predicted octanol–water partition coefficient (Wildman–Crippen LogP) is 1.01. The number of aldehydes is 1. The first-order valence-electron chi connectivity index (χ1n) is 4.13. The third kappa shape index (κ3) is 3.19. The molecule has 1 heterocycles. The number of rotatable bonds is 4. The molecule has 1 aromatic heterocycles. The van der Waals surface area contributed by atoms with E-state index in [0.29, 0.717) is 12.4 Å². The number of nitrogens with zero attached hydrogens (tertiary/aromatic N) is 2. The largest absolute Gasteiger partial charge is 0.461 e. The van der Waals surface area contributed by atoms with E-state index in [1.807, 2.05) is 13.8 Å². The van der Waals surface area contributed by atoms with Crippen LogP contribution in [0.2, 0.25) is 0 Å². The van der Waals surface area contributed by atoms with Gasteiger partial charge < -0.3 is 9.53 Å². The zero-order chi connectivity index (χ0) is 9.68. The van der Waals surface area contributed by atoms with Gasteiger partial charge in [0, 0.05) is 18.8 Å². The summed E-state index contributed by atoms with van der Waals surface area (Å²) in [4.78, 5) is 18.0. The van der Waals surface area contributed by atoms with Crippen molar-refractivity contribution in [1.29, 1.82) is 0 Å². The maximum atomic E-state index is 10.2. The highest BCUT2D eigenvalue weighted by atomic mass is 16.5. The van der Waals surface area contributed by atoms with Crippen LogP contribution in [0.3, 0.4) is 0 Å². The fraction of sp³-hybridized carbons (Fsp3) is 0.444. The van der Waals surface area contributed by atoms with Crippen LogP contribution in [-0.4, -0.2) is 22.4 Å². The SMILES string of the molecule is CC(C)Oc1ncc(CC=O)cn1. The molecular weight excluding hydrogens is 168 g/mol. The lowest BCUT2D eigenvalue weighted by atomic mass is 10.3. The summed E-state index contributed by atoms with van der Waals surface area (Å²) in [5.74, 6) is 0. The average Bonchev–Trinajstić information content (AvgIpc) is 2.08. The summed E-state index contributed by atoms with van der Waals surface area (Å²) in [6.45, 7) is 3.81. The first-order valence-corrected chi connectivity index (χ1v) is 4.13. The lowest BCUT2D eigenvalue weighted by Gasteiger charge is -2.06. The fourth-order valence-corrected chi connectivity index (χ4v) is 0.816. The molecule has 0 aromatic carbocycles. The van der Waals surface area contributed by atoms with Crippen LogP contribution < -0.4 is 4.74 Å². The third-order valence-corrected chi connectivity index (χ3v) is 1.34. The molecule has 4 heteroatoms.